The van der Waals surface area contributed by atoms with Crippen LogP contribution in [0.4, 0.5) is 4.79 Å². The Balaban J connectivity index is 1.66. The first-order valence-corrected chi connectivity index (χ1v) is 7.78. The van der Waals surface area contributed by atoms with Crippen molar-refractivity contribution in [3.63, 3.8) is 0 Å². The molecule has 0 spiro atoms. The number of urea groups is 1. The molecule has 2 aromatic rings. The molecule has 0 bridgehead atoms. The van der Waals surface area contributed by atoms with Crippen molar-refractivity contribution >= 4 is 12.0 Å². The summed E-state index contributed by atoms with van der Waals surface area (Å²) in [4.78, 5) is 29.0. The number of nitrogens with zero attached hydrogens (tertiary/aromatic N) is 2. The van der Waals surface area contributed by atoms with E-state index in [0.29, 0.717) is 25.1 Å². The van der Waals surface area contributed by atoms with Gasteiger partial charge in [-0.2, -0.15) is 0 Å². The van der Waals surface area contributed by atoms with E-state index < -0.39 is 0 Å². The van der Waals surface area contributed by atoms with Crippen molar-refractivity contribution in [2.24, 2.45) is 0 Å². The van der Waals surface area contributed by atoms with Crippen molar-refractivity contribution < 1.29 is 14.3 Å². The van der Waals surface area contributed by atoms with Gasteiger partial charge in [-0.15, -0.1) is 0 Å². The molecule has 0 unspecified atom stereocenters. The van der Waals surface area contributed by atoms with Gasteiger partial charge in [-0.05, 0) is 29.2 Å². The van der Waals surface area contributed by atoms with Crippen LogP contribution in [-0.4, -0.2) is 42.1 Å². The molecule has 6 nitrogen and oxygen atoms in total. The lowest BCUT2D eigenvalue weighted by Crippen LogP contribution is -2.27. The van der Waals surface area contributed by atoms with Crippen molar-refractivity contribution in [3.05, 3.63) is 65.0 Å². The van der Waals surface area contributed by atoms with Crippen LogP contribution in [0.2, 0.25) is 0 Å². The molecule has 2 heterocycles. The minimum Gasteiger partial charge on any atom is -0.465 e. The van der Waals surface area contributed by atoms with E-state index >= 15 is 0 Å². The molecule has 1 aromatic carbocycles. The number of benzene rings is 1. The van der Waals surface area contributed by atoms with Crippen LogP contribution in [0.15, 0.2) is 42.7 Å². The van der Waals surface area contributed by atoms with Crippen LogP contribution >= 0.6 is 0 Å². The Morgan fingerprint density at radius 2 is 1.96 bits per heavy atom. The molecule has 24 heavy (non-hydrogen) atoms. The van der Waals surface area contributed by atoms with E-state index in [-0.39, 0.29) is 12.0 Å². The largest absolute Gasteiger partial charge is 0.465 e. The Kier molecular flexibility index (Phi) is 4.74. The van der Waals surface area contributed by atoms with Gasteiger partial charge in [0, 0.05) is 32.0 Å². The predicted octanol–water partition coefficient (Wildman–Crippen LogP) is 1.98. The molecule has 1 aliphatic heterocycles. The summed E-state index contributed by atoms with van der Waals surface area (Å²) in [6.45, 7) is 2.07. The van der Waals surface area contributed by atoms with Gasteiger partial charge in [0.1, 0.15) is 0 Å². The summed E-state index contributed by atoms with van der Waals surface area (Å²) in [7, 11) is 1.36. The van der Waals surface area contributed by atoms with Gasteiger partial charge in [0.15, 0.2) is 0 Å². The Labute approximate surface area is 140 Å². The second-order valence-corrected chi connectivity index (χ2v) is 5.72. The maximum Gasteiger partial charge on any atom is 0.339 e. The fraction of sp³-hybridized carbons (Fsp3) is 0.278. The number of ether oxygens (including phenoxy) is 1. The van der Waals surface area contributed by atoms with Crippen LogP contribution in [0.3, 0.4) is 0 Å². The number of pyridine rings is 1. The zero-order valence-corrected chi connectivity index (χ0v) is 13.5. The smallest absolute Gasteiger partial charge is 0.339 e. The van der Waals surface area contributed by atoms with Gasteiger partial charge >= 0.3 is 12.0 Å². The Morgan fingerprint density at radius 1 is 1.21 bits per heavy atom. The molecule has 0 saturated carbocycles. The minimum atomic E-state index is -0.386. The highest BCUT2D eigenvalue weighted by atomic mass is 16.5. The van der Waals surface area contributed by atoms with Crippen LogP contribution in [0.5, 0.6) is 0 Å². The molecule has 0 aliphatic carbocycles. The van der Waals surface area contributed by atoms with Crippen LogP contribution < -0.4 is 5.32 Å². The SMILES string of the molecule is COC(=O)c1cncc(Cc2ccc(CN3CCNC3=O)cc2)c1. The molecule has 1 aliphatic rings. The zero-order chi connectivity index (χ0) is 16.9. The standard InChI is InChI=1S/C18H19N3O3/c1-24-17(22)16-9-15(10-19-11-16)8-13-2-4-14(5-3-13)12-21-7-6-20-18(21)23/h2-5,9-11H,6-8,12H2,1H3,(H,20,23). The third kappa shape index (κ3) is 3.71. The predicted molar refractivity (Wildman–Crippen MR) is 88.6 cm³/mol. The molecule has 2 amide bonds. The van der Waals surface area contributed by atoms with E-state index in [9.17, 15) is 9.59 Å². The molecular formula is C18H19N3O3. The lowest BCUT2D eigenvalue weighted by Gasteiger charge is -2.14. The fourth-order valence-corrected chi connectivity index (χ4v) is 2.69. The summed E-state index contributed by atoms with van der Waals surface area (Å²) in [5.74, 6) is -0.386. The van der Waals surface area contributed by atoms with Crippen LogP contribution in [-0.2, 0) is 17.7 Å². The van der Waals surface area contributed by atoms with Crippen molar-refractivity contribution in [3.8, 4) is 0 Å². The average Bonchev–Trinajstić information content (AvgIpc) is 3.01. The first kappa shape index (κ1) is 16.0. The number of rotatable bonds is 5. The van der Waals surface area contributed by atoms with Crippen LogP contribution in [0, 0.1) is 0 Å². The molecule has 0 atom stereocenters. The molecule has 1 saturated heterocycles. The molecule has 0 radical (unpaired) electrons. The summed E-state index contributed by atoms with van der Waals surface area (Å²) in [6.07, 6.45) is 3.93. The van der Waals surface area contributed by atoms with Crippen molar-refractivity contribution in [1.29, 1.82) is 0 Å². The first-order valence-electron chi connectivity index (χ1n) is 7.78. The number of nitrogens with one attached hydrogen (secondary N) is 1. The van der Waals surface area contributed by atoms with Crippen LogP contribution in [0.25, 0.3) is 0 Å². The number of esters is 1. The number of hydrogen-bond acceptors (Lipinski definition) is 4. The highest BCUT2D eigenvalue weighted by Gasteiger charge is 2.19. The fourth-order valence-electron chi connectivity index (χ4n) is 2.69. The summed E-state index contributed by atoms with van der Waals surface area (Å²) in [5.41, 5.74) is 3.61. The van der Waals surface area contributed by atoms with Crippen molar-refractivity contribution in [2.45, 2.75) is 13.0 Å². The lowest BCUT2D eigenvalue weighted by molar-refractivity contribution is 0.0600. The van der Waals surface area contributed by atoms with Gasteiger partial charge in [0.25, 0.3) is 0 Å². The van der Waals surface area contributed by atoms with Gasteiger partial charge in [0.2, 0.25) is 0 Å². The lowest BCUT2D eigenvalue weighted by atomic mass is 10.0. The van der Waals surface area contributed by atoms with E-state index in [4.69, 9.17) is 4.74 Å². The summed E-state index contributed by atoms with van der Waals surface area (Å²) in [5, 5.41) is 2.80. The second-order valence-electron chi connectivity index (χ2n) is 5.72. The average molecular weight is 325 g/mol. The van der Waals surface area contributed by atoms with Gasteiger partial charge in [-0.1, -0.05) is 24.3 Å². The number of amides is 2. The third-order valence-corrected chi connectivity index (χ3v) is 3.97. The Hall–Kier alpha value is -2.89. The number of hydrogen-bond donors (Lipinski definition) is 1. The maximum atomic E-state index is 11.6. The quantitative estimate of drug-likeness (QED) is 0.853. The number of carbonyl (C=O) groups excluding carboxylic acids is 2. The molecule has 1 aromatic heterocycles. The molecule has 1 N–H and O–H groups in total. The number of methoxy groups -OCH3 is 1. The Bertz CT molecular complexity index is 743. The summed E-state index contributed by atoms with van der Waals surface area (Å²) >= 11 is 0. The monoisotopic (exact) mass is 325 g/mol. The van der Waals surface area contributed by atoms with Gasteiger partial charge in [-0.25, -0.2) is 9.59 Å². The highest BCUT2D eigenvalue weighted by molar-refractivity contribution is 5.89. The maximum absolute atomic E-state index is 11.6. The third-order valence-electron chi connectivity index (χ3n) is 3.97. The second kappa shape index (κ2) is 7.12. The minimum absolute atomic E-state index is 0.00947. The van der Waals surface area contributed by atoms with Crippen LogP contribution in [0.1, 0.15) is 27.0 Å². The summed E-state index contributed by atoms with van der Waals surface area (Å²) in [6, 6.07) is 9.91. The highest BCUT2D eigenvalue weighted by Crippen LogP contribution is 2.14. The molecule has 1 fully saturated rings. The zero-order valence-electron chi connectivity index (χ0n) is 13.5. The van der Waals surface area contributed by atoms with Gasteiger partial charge in [0.05, 0.1) is 12.7 Å². The van der Waals surface area contributed by atoms with E-state index in [1.165, 1.54) is 13.3 Å². The van der Waals surface area contributed by atoms with E-state index in [0.717, 1.165) is 23.2 Å². The van der Waals surface area contributed by atoms with Crippen molar-refractivity contribution in [1.82, 2.24) is 15.2 Å². The van der Waals surface area contributed by atoms with E-state index in [2.05, 4.69) is 10.3 Å². The van der Waals surface area contributed by atoms with E-state index in [1.807, 2.05) is 24.3 Å². The molecule has 3 rings (SSSR count). The summed E-state index contributed by atoms with van der Waals surface area (Å²) < 4.78 is 4.71. The number of aromatic nitrogens is 1. The van der Waals surface area contributed by atoms with Gasteiger partial charge < -0.3 is 15.0 Å². The first-order chi connectivity index (χ1) is 11.7. The van der Waals surface area contributed by atoms with Gasteiger partial charge in [-0.3, -0.25) is 4.98 Å². The normalized spacial score (nSPS) is 13.7. The molecule has 124 valence electrons. The number of carbonyl (C=O) groups is 2. The molecule has 6 heteroatoms. The topological polar surface area (TPSA) is 71.5 Å². The Morgan fingerprint density at radius 3 is 2.62 bits per heavy atom. The van der Waals surface area contributed by atoms with E-state index in [1.54, 1.807) is 17.2 Å². The van der Waals surface area contributed by atoms with Crippen molar-refractivity contribution in [2.75, 3.05) is 20.2 Å². The molecular weight excluding hydrogens is 306 g/mol.